The van der Waals surface area contributed by atoms with E-state index < -0.39 is 20.9 Å². The zero-order valence-corrected chi connectivity index (χ0v) is 9.16. The molecule has 0 fully saturated rings. The summed E-state index contributed by atoms with van der Waals surface area (Å²) in [5.41, 5.74) is 0. The maximum Gasteiger partial charge on any atom is 0.614 e. The molecule has 0 aromatic carbocycles. The molecule has 11 heavy (non-hydrogen) atoms. The molecule has 0 N–H and O–H groups in total. The van der Waals surface area contributed by atoms with Gasteiger partial charge in [0.25, 0.3) is 0 Å². The molecule has 0 aliphatic heterocycles. The Balaban J connectivity index is 2.69. The van der Waals surface area contributed by atoms with Gasteiger partial charge in [-0.15, -0.1) is 4.55 Å². The summed E-state index contributed by atoms with van der Waals surface area (Å²) in [7, 11) is 0. The number of hydrogen-bond acceptors (Lipinski definition) is 0. The highest BCUT2D eigenvalue weighted by atomic mass is 24.6. The maximum atomic E-state index is 11.8. The molecule has 0 radical (unpaired) electrons. The molecule has 0 aromatic rings. The van der Waals surface area contributed by atoms with E-state index in [1.165, 1.54) is 38.5 Å². The minimum Gasteiger partial charge on any atom is -0.486 e. The van der Waals surface area contributed by atoms with Gasteiger partial charge in [-0.05, 0) is 0 Å². The minimum absolute atomic E-state index is 0.910. The molecule has 64 valence electrons. The Morgan fingerprint density at radius 3 is 2.00 bits per heavy atom. The van der Waals surface area contributed by atoms with Crippen LogP contribution in [0.25, 0.3) is 0 Å². The van der Waals surface area contributed by atoms with Crippen LogP contribution in [0, 0.1) is 0 Å². The fraction of sp³-hybridized carbons (Fsp3) is 1.00. The van der Waals surface area contributed by atoms with E-state index in [1.807, 2.05) is 0 Å². The van der Waals surface area contributed by atoms with Gasteiger partial charge in [0.2, 0.25) is 0 Å². The van der Waals surface area contributed by atoms with E-state index in [-0.39, 0.29) is 0 Å². The molecular weight excluding hydrogens is 151 g/mol. The number of halogens is 1. The van der Waals surface area contributed by atoms with E-state index in [0.717, 1.165) is 11.0 Å². The topological polar surface area (TPSA) is 0 Å². The average Bonchev–Trinajstić information content (AvgIpc) is 2.03. The van der Waals surface area contributed by atoms with E-state index in [2.05, 4.69) is 6.92 Å². The lowest BCUT2D eigenvalue weighted by atomic mass is 10.1. The van der Waals surface area contributed by atoms with Crippen LogP contribution in [-0.2, 0) is 0 Å². The summed E-state index contributed by atoms with van der Waals surface area (Å²) in [5, 5.41) is 0. The Hall–Kier alpha value is 0.696. The van der Waals surface area contributed by atoms with Crippen molar-refractivity contribution in [2.45, 2.75) is 56.4 Å². The fourth-order valence-electron chi connectivity index (χ4n) is 1.23. The van der Waals surface area contributed by atoms with E-state index in [4.69, 9.17) is 0 Å². The summed E-state index contributed by atoms with van der Waals surface area (Å²) in [6.07, 6.45) is 9.17. The highest BCUT2D eigenvalue weighted by Gasteiger charge is 1.94. The van der Waals surface area contributed by atoms with Crippen LogP contribution < -0.4 is 0 Å². The van der Waals surface area contributed by atoms with E-state index in [1.54, 1.807) is 0 Å². The van der Waals surface area contributed by atoms with Crippen molar-refractivity contribution >= 4 is 20.9 Å². The second kappa shape index (κ2) is 10.7. The predicted molar refractivity (Wildman–Crippen MR) is 49.7 cm³/mol. The van der Waals surface area contributed by atoms with Crippen LogP contribution in [0.1, 0.15) is 51.9 Å². The Labute approximate surface area is 80.4 Å². The third-order valence-electron chi connectivity index (χ3n) is 1.99. The fourth-order valence-corrected chi connectivity index (χ4v) is 1.77. The number of hydrogen-bond donors (Lipinski definition) is 0. The second-order valence-corrected chi connectivity index (χ2v) is 4.25. The molecule has 0 atom stereocenters. The SMILES string of the molecule is CCCCCCCC[CH2][Mg][F]. The van der Waals surface area contributed by atoms with Crippen LogP contribution in [0.15, 0.2) is 0 Å². The molecule has 0 amide bonds. The van der Waals surface area contributed by atoms with E-state index in [0.29, 0.717) is 0 Å². The molecule has 0 saturated heterocycles. The Morgan fingerprint density at radius 1 is 0.909 bits per heavy atom. The molecule has 0 aliphatic carbocycles. The van der Waals surface area contributed by atoms with Crippen LogP contribution in [0.2, 0.25) is 4.55 Å². The third kappa shape index (κ3) is 10.7. The van der Waals surface area contributed by atoms with Crippen LogP contribution in [0.3, 0.4) is 0 Å². The molecule has 0 rings (SSSR count). The van der Waals surface area contributed by atoms with Crippen LogP contribution >= 0.6 is 0 Å². The smallest absolute Gasteiger partial charge is 0.486 e. The van der Waals surface area contributed by atoms with Crippen LogP contribution in [0.4, 0.5) is 2.96 Å². The molecule has 0 aliphatic rings. The molecule has 0 saturated carbocycles. The molecule has 0 bridgehead atoms. The summed E-state index contributed by atoms with van der Waals surface area (Å²) < 4.78 is 12.7. The molecule has 0 aromatic heterocycles. The first-order valence-corrected chi connectivity index (χ1v) is 6.51. The van der Waals surface area contributed by atoms with Crippen molar-refractivity contribution < 1.29 is 2.96 Å². The average molecular weight is 171 g/mol. The van der Waals surface area contributed by atoms with Gasteiger partial charge in [-0.3, -0.25) is 0 Å². The van der Waals surface area contributed by atoms with Gasteiger partial charge in [-0.1, -0.05) is 51.9 Å². The monoisotopic (exact) mass is 170 g/mol. The largest absolute Gasteiger partial charge is 0.614 e. The first kappa shape index (κ1) is 11.7. The lowest BCUT2D eigenvalue weighted by Gasteiger charge is -1.98. The van der Waals surface area contributed by atoms with Crippen molar-refractivity contribution in [2.24, 2.45) is 0 Å². The minimum atomic E-state index is -1.13. The van der Waals surface area contributed by atoms with Gasteiger partial charge < -0.3 is 2.96 Å². The summed E-state index contributed by atoms with van der Waals surface area (Å²) >= 11 is -1.13. The molecule has 0 spiro atoms. The van der Waals surface area contributed by atoms with Crippen molar-refractivity contribution in [3.05, 3.63) is 0 Å². The first-order chi connectivity index (χ1) is 5.41. The molecular formula is C9H19FMg. The van der Waals surface area contributed by atoms with Crippen LogP contribution in [0.5, 0.6) is 0 Å². The van der Waals surface area contributed by atoms with Gasteiger partial charge in [0.05, 0.1) is 0 Å². The lowest BCUT2D eigenvalue weighted by Crippen LogP contribution is -1.82. The number of rotatable bonds is 8. The zero-order valence-electron chi connectivity index (χ0n) is 7.74. The highest BCUT2D eigenvalue weighted by Crippen LogP contribution is 2.08. The van der Waals surface area contributed by atoms with Crippen molar-refractivity contribution in [3.8, 4) is 0 Å². The van der Waals surface area contributed by atoms with Crippen LogP contribution in [-0.4, -0.2) is 20.9 Å². The molecule has 0 heterocycles. The third-order valence-corrected chi connectivity index (χ3v) is 2.75. The predicted octanol–water partition coefficient (Wildman–Crippen LogP) is 3.74. The Morgan fingerprint density at radius 2 is 1.45 bits per heavy atom. The standard InChI is InChI=1S/C9H19.FH.Mg/c1-3-5-7-9-8-6-4-2;;/h1,3-9H2,2H3;1H;/q;;+1/p-1. The summed E-state index contributed by atoms with van der Waals surface area (Å²) in [4.78, 5) is 0. The van der Waals surface area contributed by atoms with Gasteiger partial charge in [-0.2, -0.15) is 0 Å². The Bertz CT molecular complexity index is 58.6. The molecule has 2 heteroatoms. The van der Waals surface area contributed by atoms with Crippen molar-refractivity contribution in [3.63, 3.8) is 0 Å². The molecule has 0 unspecified atom stereocenters. The van der Waals surface area contributed by atoms with Crippen molar-refractivity contribution in [2.75, 3.05) is 0 Å². The highest BCUT2D eigenvalue weighted by molar-refractivity contribution is 6.25. The van der Waals surface area contributed by atoms with Crippen molar-refractivity contribution in [1.29, 1.82) is 0 Å². The number of unbranched alkanes of at least 4 members (excludes halogenated alkanes) is 6. The quantitative estimate of drug-likeness (QED) is 0.385. The Kier molecular flexibility index (Phi) is 11.4. The zero-order chi connectivity index (χ0) is 8.36. The molecule has 0 nitrogen and oxygen atoms in total. The van der Waals surface area contributed by atoms with Gasteiger partial charge >= 0.3 is 20.9 Å². The summed E-state index contributed by atoms with van der Waals surface area (Å²) in [6.45, 7) is 2.23. The van der Waals surface area contributed by atoms with Gasteiger partial charge in [0.15, 0.2) is 0 Å². The van der Waals surface area contributed by atoms with E-state index in [9.17, 15) is 2.96 Å². The van der Waals surface area contributed by atoms with Crippen molar-refractivity contribution in [1.82, 2.24) is 0 Å². The normalized spacial score (nSPS) is 9.64. The van der Waals surface area contributed by atoms with E-state index >= 15 is 0 Å². The van der Waals surface area contributed by atoms with Gasteiger partial charge in [0, 0.05) is 0 Å². The second-order valence-electron chi connectivity index (χ2n) is 3.16. The lowest BCUT2D eigenvalue weighted by molar-refractivity contribution is 0.599. The first-order valence-electron chi connectivity index (χ1n) is 4.97. The van der Waals surface area contributed by atoms with Gasteiger partial charge in [-0.25, -0.2) is 0 Å². The maximum absolute atomic E-state index is 11.8. The van der Waals surface area contributed by atoms with Gasteiger partial charge in [0.1, 0.15) is 0 Å². The summed E-state index contributed by atoms with van der Waals surface area (Å²) in [6, 6.07) is 0. The summed E-state index contributed by atoms with van der Waals surface area (Å²) in [5.74, 6) is 0.